The van der Waals surface area contributed by atoms with Crippen molar-refractivity contribution in [3.63, 3.8) is 0 Å². The number of rotatable bonds is 8. The predicted molar refractivity (Wildman–Crippen MR) is 71.0 cm³/mol. The van der Waals surface area contributed by atoms with E-state index < -0.39 is 28.7 Å². The minimum Gasteiger partial charge on any atom is -0.480 e. The van der Waals surface area contributed by atoms with Gasteiger partial charge in [-0.2, -0.15) is 0 Å². The fourth-order valence-electron chi connectivity index (χ4n) is 1.30. The second kappa shape index (κ2) is 8.63. The SMILES string of the molecule is CC(=O)NC(CS(=O)CCCC(=O)N(C)C)C(=O)O. The Morgan fingerprint density at radius 3 is 2.32 bits per heavy atom. The van der Waals surface area contributed by atoms with Crippen molar-refractivity contribution >= 4 is 28.6 Å². The molecule has 0 saturated heterocycles. The maximum absolute atomic E-state index is 11.7. The maximum Gasteiger partial charge on any atom is 0.327 e. The van der Waals surface area contributed by atoms with Gasteiger partial charge in [0.15, 0.2) is 0 Å². The molecule has 0 aromatic rings. The number of hydrogen-bond acceptors (Lipinski definition) is 4. The molecular weight excluding hydrogens is 272 g/mol. The van der Waals surface area contributed by atoms with Crippen molar-refractivity contribution in [3.05, 3.63) is 0 Å². The minimum atomic E-state index is -1.38. The van der Waals surface area contributed by atoms with E-state index in [2.05, 4.69) is 5.32 Å². The third-order valence-corrected chi connectivity index (χ3v) is 3.74. The highest BCUT2D eigenvalue weighted by molar-refractivity contribution is 7.85. The summed E-state index contributed by atoms with van der Waals surface area (Å²) in [5.74, 6) is -1.66. The van der Waals surface area contributed by atoms with Crippen molar-refractivity contribution in [1.29, 1.82) is 0 Å². The summed E-state index contributed by atoms with van der Waals surface area (Å²) in [6.45, 7) is 1.20. The van der Waals surface area contributed by atoms with Crippen molar-refractivity contribution in [2.75, 3.05) is 25.6 Å². The topological polar surface area (TPSA) is 104 Å². The van der Waals surface area contributed by atoms with E-state index in [9.17, 15) is 18.6 Å². The van der Waals surface area contributed by atoms with E-state index in [-0.39, 0.29) is 23.8 Å². The van der Waals surface area contributed by atoms with Crippen molar-refractivity contribution in [2.45, 2.75) is 25.8 Å². The van der Waals surface area contributed by atoms with Crippen molar-refractivity contribution in [2.24, 2.45) is 0 Å². The molecule has 7 nitrogen and oxygen atoms in total. The highest BCUT2D eigenvalue weighted by atomic mass is 32.2. The lowest BCUT2D eigenvalue weighted by Crippen LogP contribution is -2.43. The Hall–Kier alpha value is -1.44. The van der Waals surface area contributed by atoms with Crippen LogP contribution in [0.1, 0.15) is 19.8 Å². The summed E-state index contributed by atoms with van der Waals surface area (Å²) in [5.41, 5.74) is 0. The molecule has 0 spiro atoms. The molecule has 2 amide bonds. The Balaban J connectivity index is 4.10. The number of carboxylic acids is 1. The van der Waals surface area contributed by atoms with Gasteiger partial charge in [0.05, 0.1) is 5.75 Å². The molecule has 2 atom stereocenters. The van der Waals surface area contributed by atoms with Crippen LogP contribution in [-0.2, 0) is 25.2 Å². The van der Waals surface area contributed by atoms with Crippen LogP contribution in [0.3, 0.4) is 0 Å². The summed E-state index contributed by atoms with van der Waals surface area (Å²) in [6.07, 6.45) is 0.701. The molecule has 2 N–H and O–H groups in total. The van der Waals surface area contributed by atoms with E-state index in [1.54, 1.807) is 14.1 Å². The number of nitrogens with zero attached hydrogens (tertiary/aromatic N) is 1. The second-order valence-electron chi connectivity index (χ2n) is 4.29. The predicted octanol–water partition coefficient (Wildman–Crippen LogP) is -0.807. The Kier molecular flexibility index (Phi) is 7.97. The molecule has 8 heteroatoms. The molecule has 110 valence electrons. The highest BCUT2D eigenvalue weighted by Gasteiger charge is 2.21. The first kappa shape index (κ1) is 17.6. The summed E-state index contributed by atoms with van der Waals surface area (Å²) in [4.78, 5) is 34.3. The lowest BCUT2D eigenvalue weighted by atomic mass is 10.3. The largest absolute Gasteiger partial charge is 0.480 e. The molecule has 19 heavy (non-hydrogen) atoms. The van der Waals surface area contributed by atoms with E-state index in [1.807, 2.05) is 0 Å². The number of hydrogen-bond donors (Lipinski definition) is 2. The van der Waals surface area contributed by atoms with Crippen LogP contribution in [0.2, 0.25) is 0 Å². The first-order valence-electron chi connectivity index (χ1n) is 5.79. The number of aliphatic carboxylic acids is 1. The third-order valence-electron chi connectivity index (χ3n) is 2.29. The summed E-state index contributed by atoms with van der Waals surface area (Å²) in [6, 6.07) is -1.15. The zero-order chi connectivity index (χ0) is 15.0. The van der Waals surface area contributed by atoms with Gasteiger partial charge in [0.2, 0.25) is 11.8 Å². The Morgan fingerprint density at radius 1 is 1.32 bits per heavy atom. The van der Waals surface area contributed by atoms with Crippen LogP contribution in [-0.4, -0.2) is 63.6 Å². The van der Waals surface area contributed by atoms with Gasteiger partial charge >= 0.3 is 5.97 Å². The first-order chi connectivity index (χ1) is 8.73. The number of carbonyl (C=O) groups is 3. The maximum atomic E-state index is 11.7. The van der Waals surface area contributed by atoms with E-state index >= 15 is 0 Å². The number of nitrogens with one attached hydrogen (secondary N) is 1. The number of carbonyl (C=O) groups excluding carboxylic acids is 2. The third kappa shape index (κ3) is 8.30. The quantitative estimate of drug-likeness (QED) is 0.609. The molecule has 0 aliphatic heterocycles. The standard InChI is InChI=1S/C11H20N2O5S/c1-8(14)12-9(11(16)17)7-19(18)6-4-5-10(15)13(2)3/h9H,4-7H2,1-3H3,(H,12,14)(H,16,17). The first-order valence-corrected chi connectivity index (χ1v) is 7.28. The Morgan fingerprint density at radius 2 is 1.89 bits per heavy atom. The molecule has 0 radical (unpaired) electrons. The van der Waals surface area contributed by atoms with Crippen LogP contribution in [0.15, 0.2) is 0 Å². The average Bonchev–Trinajstić information content (AvgIpc) is 2.26. The van der Waals surface area contributed by atoms with Crippen molar-refractivity contribution in [3.8, 4) is 0 Å². The van der Waals surface area contributed by atoms with Crippen LogP contribution < -0.4 is 5.32 Å². The summed E-state index contributed by atoms with van der Waals surface area (Å²) in [5, 5.41) is 11.1. The molecule has 0 bridgehead atoms. The van der Waals surface area contributed by atoms with E-state index in [0.717, 1.165) is 0 Å². The lowest BCUT2D eigenvalue weighted by molar-refractivity contribution is -0.140. The lowest BCUT2D eigenvalue weighted by Gasteiger charge is -2.13. The fraction of sp³-hybridized carbons (Fsp3) is 0.727. The highest BCUT2D eigenvalue weighted by Crippen LogP contribution is 1.99. The van der Waals surface area contributed by atoms with E-state index in [0.29, 0.717) is 6.42 Å². The van der Waals surface area contributed by atoms with Crippen LogP contribution in [0.4, 0.5) is 0 Å². The number of amides is 2. The molecule has 0 fully saturated rings. The summed E-state index contributed by atoms with van der Waals surface area (Å²) in [7, 11) is 1.89. The van der Waals surface area contributed by atoms with Gasteiger partial charge in [0.1, 0.15) is 6.04 Å². The zero-order valence-corrected chi connectivity index (χ0v) is 12.2. The number of carboxylic acid groups (broad SMARTS) is 1. The molecule has 0 saturated carbocycles. The van der Waals surface area contributed by atoms with Crippen LogP contribution >= 0.6 is 0 Å². The summed E-state index contributed by atoms with van der Waals surface area (Å²) >= 11 is 0. The van der Waals surface area contributed by atoms with Gasteiger partial charge in [-0.3, -0.25) is 13.8 Å². The van der Waals surface area contributed by atoms with E-state index in [1.165, 1.54) is 11.8 Å². The Labute approximate surface area is 114 Å². The smallest absolute Gasteiger partial charge is 0.327 e. The van der Waals surface area contributed by atoms with Crippen LogP contribution in [0.5, 0.6) is 0 Å². The van der Waals surface area contributed by atoms with Gasteiger partial charge in [-0.25, -0.2) is 4.79 Å². The molecule has 0 aliphatic carbocycles. The molecule has 0 heterocycles. The fourth-order valence-corrected chi connectivity index (χ4v) is 2.53. The van der Waals surface area contributed by atoms with Crippen molar-refractivity contribution < 1.29 is 23.7 Å². The molecular formula is C11H20N2O5S. The van der Waals surface area contributed by atoms with Gasteiger partial charge in [-0.05, 0) is 6.42 Å². The van der Waals surface area contributed by atoms with Crippen molar-refractivity contribution in [1.82, 2.24) is 10.2 Å². The van der Waals surface area contributed by atoms with Gasteiger partial charge in [0.25, 0.3) is 0 Å². The van der Waals surface area contributed by atoms with Crippen LogP contribution in [0, 0.1) is 0 Å². The van der Waals surface area contributed by atoms with E-state index in [4.69, 9.17) is 5.11 Å². The summed E-state index contributed by atoms with van der Waals surface area (Å²) < 4.78 is 11.7. The molecule has 2 unspecified atom stereocenters. The zero-order valence-electron chi connectivity index (χ0n) is 11.3. The van der Waals surface area contributed by atoms with Gasteiger partial charge in [0, 0.05) is 44.0 Å². The molecule has 0 aliphatic rings. The monoisotopic (exact) mass is 292 g/mol. The van der Waals surface area contributed by atoms with Gasteiger partial charge in [-0.1, -0.05) is 0 Å². The van der Waals surface area contributed by atoms with Gasteiger partial charge < -0.3 is 15.3 Å². The molecule has 0 rings (SSSR count). The molecule has 0 aromatic carbocycles. The van der Waals surface area contributed by atoms with Crippen LogP contribution in [0.25, 0.3) is 0 Å². The molecule has 0 aromatic heterocycles. The normalized spacial score (nSPS) is 13.4. The Bertz CT molecular complexity index is 370. The average molecular weight is 292 g/mol. The second-order valence-corrected chi connectivity index (χ2v) is 5.91. The van der Waals surface area contributed by atoms with Gasteiger partial charge in [-0.15, -0.1) is 0 Å². The minimum absolute atomic E-state index is 0.0614.